The van der Waals surface area contributed by atoms with Crippen LogP contribution in [0.2, 0.25) is 0 Å². The molecular weight excluding hydrogens is 198 g/mol. The lowest BCUT2D eigenvalue weighted by Gasteiger charge is -2.05. The standard InChI is InChI=1S/C10H15NO4/c1-2-14-10(13)9-7-8(15-11-9)5-3-4-6-12/h6,8H,2-5,7H2,1H3. The lowest BCUT2D eigenvalue weighted by Crippen LogP contribution is -2.18. The van der Waals surface area contributed by atoms with Crippen LogP contribution < -0.4 is 0 Å². The van der Waals surface area contributed by atoms with Crippen molar-refractivity contribution < 1.29 is 19.2 Å². The number of ether oxygens (including phenoxy) is 1. The maximum absolute atomic E-state index is 11.2. The van der Waals surface area contributed by atoms with Gasteiger partial charge in [0.15, 0.2) is 5.71 Å². The van der Waals surface area contributed by atoms with Crippen molar-refractivity contribution in [2.75, 3.05) is 6.61 Å². The van der Waals surface area contributed by atoms with Crippen LogP contribution in [0.25, 0.3) is 0 Å². The number of carbonyl (C=O) groups excluding carboxylic acids is 2. The molecule has 0 aromatic rings. The highest BCUT2D eigenvalue weighted by Gasteiger charge is 2.26. The van der Waals surface area contributed by atoms with E-state index in [2.05, 4.69) is 5.16 Å². The van der Waals surface area contributed by atoms with Crippen molar-refractivity contribution in [3.63, 3.8) is 0 Å². The van der Waals surface area contributed by atoms with E-state index in [1.165, 1.54) is 0 Å². The van der Waals surface area contributed by atoms with Gasteiger partial charge in [0.05, 0.1) is 6.61 Å². The molecule has 0 aromatic carbocycles. The van der Waals surface area contributed by atoms with Crippen LogP contribution in [-0.4, -0.2) is 30.7 Å². The molecule has 84 valence electrons. The monoisotopic (exact) mass is 213 g/mol. The predicted molar refractivity (Wildman–Crippen MR) is 53.5 cm³/mol. The van der Waals surface area contributed by atoms with E-state index < -0.39 is 5.97 Å². The highest BCUT2D eigenvalue weighted by atomic mass is 16.6. The second-order valence-electron chi connectivity index (χ2n) is 3.29. The summed E-state index contributed by atoms with van der Waals surface area (Å²) in [4.78, 5) is 26.4. The molecule has 1 atom stereocenters. The number of esters is 1. The highest BCUT2D eigenvalue weighted by molar-refractivity contribution is 6.36. The van der Waals surface area contributed by atoms with Gasteiger partial charge in [-0.3, -0.25) is 0 Å². The number of nitrogens with zero attached hydrogens (tertiary/aromatic N) is 1. The molecule has 0 N–H and O–H groups in total. The Morgan fingerprint density at radius 3 is 3.20 bits per heavy atom. The third kappa shape index (κ3) is 3.69. The maximum atomic E-state index is 11.2. The average Bonchev–Trinajstić information content (AvgIpc) is 2.67. The summed E-state index contributed by atoms with van der Waals surface area (Å²) in [6.45, 7) is 2.09. The first-order chi connectivity index (χ1) is 7.27. The molecule has 5 heteroatoms. The molecule has 5 nitrogen and oxygen atoms in total. The molecular formula is C10H15NO4. The van der Waals surface area contributed by atoms with Gasteiger partial charge in [-0.15, -0.1) is 0 Å². The fourth-order valence-corrected chi connectivity index (χ4v) is 1.35. The number of carbonyl (C=O) groups is 2. The summed E-state index contributed by atoms with van der Waals surface area (Å²) in [6.07, 6.45) is 3.31. The van der Waals surface area contributed by atoms with E-state index in [0.29, 0.717) is 25.2 Å². The Hall–Kier alpha value is -1.39. The zero-order chi connectivity index (χ0) is 11.1. The van der Waals surface area contributed by atoms with Gasteiger partial charge in [0, 0.05) is 12.8 Å². The summed E-state index contributed by atoms with van der Waals surface area (Å²) < 4.78 is 4.79. The molecule has 1 heterocycles. The average molecular weight is 213 g/mol. The molecule has 0 radical (unpaired) electrons. The zero-order valence-electron chi connectivity index (χ0n) is 8.77. The van der Waals surface area contributed by atoms with Crippen LogP contribution in [0.15, 0.2) is 5.16 Å². The van der Waals surface area contributed by atoms with Crippen LogP contribution in [0.5, 0.6) is 0 Å². The molecule has 1 unspecified atom stereocenters. The van der Waals surface area contributed by atoms with E-state index in [1.807, 2.05) is 0 Å². The number of hydrogen-bond acceptors (Lipinski definition) is 5. The van der Waals surface area contributed by atoms with Crippen LogP contribution in [0, 0.1) is 0 Å². The van der Waals surface area contributed by atoms with Crippen molar-refractivity contribution in [3.8, 4) is 0 Å². The van der Waals surface area contributed by atoms with Crippen LogP contribution in [0.4, 0.5) is 0 Å². The first kappa shape index (κ1) is 11.7. The molecule has 1 rings (SSSR count). The third-order valence-corrected chi connectivity index (χ3v) is 2.09. The normalized spacial score (nSPS) is 19.3. The quantitative estimate of drug-likeness (QED) is 0.376. The zero-order valence-corrected chi connectivity index (χ0v) is 8.77. The van der Waals surface area contributed by atoms with Gasteiger partial charge in [0.2, 0.25) is 0 Å². The van der Waals surface area contributed by atoms with Gasteiger partial charge in [-0.2, -0.15) is 0 Å². The molecule has 0 saturated heterocycles. The van der Waals surface area contributed by atoms with Crippen LogP contribution in [-0.2, 0) is 19.2 Å². The van der Waals surface area contributed by atoms with E-state index >= 15 is 0 Å². The summed E-state index contributed by atoms with van der Waals surface area (Å²) in [5.74, 6) is -0.407. The molecule has 0 spiro atoms. The summed E-state index contributed by atoms with van der Waals surface area (Å²) >= 11 is 0. The van der Waals surface area contributed by atoms with Gasteiger partial charge >= 0.3 is 5.97 Å². The molecule has 0 fully saturated rings. The minimum absolute atomic E-state index is 0.0793. The summed E-state index contributed by atoms with van der Waals surface area (Å²) in [7, 11) is 0. The van der Waals surface area contributed by atoms with Gasteiger partial charge in [-0.1, -0.05) is 5.16 Å². The Morgan fingerprint density at radius 2 is 2.53 bits per heavy atom. The van der Waals surface area contributed by atoms with E-state index in [-0.39, 0.29) is 6.10 Å². The fraction of sp³-hybridized carbons (Fsp3) is 0.700. The Bertz CT molecular complexity index is 262. The number of hydrogen-bond donors (Lipinski definition) is 0. The second-order valence-corrected chi connectivity index (χ2v) is 3.29. The van der Waals surface area contributed by atoms with Gasteiger partial charge in [0.25, 0.3) is 0 Å². The number of rotatable bonds is 6. The molecule has 1 aliphatic heterocycles. The van der Waals surface area contributed by atoms with E-state index in [4.69, 9.17) is 9.57 Å². The number of oxime groups is 1. The lowest BCUT2D eigenvalue weighted by molar-refractivity contribution is -0.135. The largest absolute Gasteiger partial charge is 0.461 e. The van der Waals surface area contributed by atoms with Gasteiger partial charge in [-0.05, 0) is 19.8 Å². The lowest BCUT2D eigenvalue weighted by atomic mass is 10.1. The first-order valence-corrected chi connectivity index (χ1v) is 5.11. The summed E-state index contributed by atoms with van der Waals surface area (Å²) in [6, 6.07) is 0. The van der Waals surface area contributed by atoms with Gasteiger partial charge < -0.3 is 14.4 Å². The number of unbranched alkanes of at least 4 members (excludes halogenated alkanes) is 1. The van der Waals surface area contributed by atoms with Crippen molar-refractivity contribution in [1.82, 2.24) is 0 Å². The smallest absolute Gasteiger partial charge is 0.356 e. The maximum Gasteiger partial charge on any atom is 0.356 e. The number of aldehydes is 1. The molecule has 15 heavy (non-hydrogen) atoms. The fourth-order valence-electron chi connectivity index (χ4n) is 1.35. The second kappa shape index (κ2) is 6.16. The minimum Gasteiger partial charge on any atom is -0.461 e. The van der Waals surface area contributed by atoms with Crippen LogP contribution in [0.3, 0.4) is 0 Å². The van der Waals surface area contributed by atoms with Gasteiger partial charge in [0.1, 0.15) is 12.4 Å². The summed E-state index contributed by atoms with van der Waals surface area (Å²) in [5, 5.41) is 3.67. The van der Waals surface area contributed by atoms with Crippen molar-refractivity contribution in [2.45, 2.75) is 38.7 Å². The topological polar surface area (TPSA) is 65.0 Å². The minimum atomic E-state index is -0.407. The summed E-state index contributed by atoms with van der Waals surface area (Å²) in [5.41, 5.74) is 0.341. The Labute approximate surface area is 88.4 Å². The van der Waals surface area contributed by atoms with Crippen LogP contribution in [0.1, 0.15) is 32.6 Å². The first-order valence-electron chi connectivity index (χ1n) is 5.11. The Kier molecular flexibility index (Phi) is 4.80. The molecule has 0 aliphatic carbocycles. The molecule has 1 aliphatic rings. The van der Waals surface area contributed by atoms with Crippen molar-refractivity contribution >= 4 is 18.0 Å². The molecule has 0 saturated carbocycles. The van der Waals surface area contributed by atoms with Crippen molar-refractivity contribution in [3.05, 3.63) is 0 Å². The van der Waals surface area contributed by atoms with E-state index in [0.717, 1.165) is 19.1 Å². The molecule has 0 amide bonds. The highest BCUT2D eigenvalue weighted by Crippen LogP contribution is 2.16. The van der Waals surface area contributed by atoms with E-state index in [9.17, 15) is 9.59 Å². The molecule has 0 bridgehead atoms. The Morgan fingerprint density at radius 1 is 1.73 bits per heavy atom. The molecule has 0 aromatic heterocycles. The SMILES string of the molecule is CCOC(=O)C1=NOC(CCCC=O)C1. The van der Waals surface area contributed by atoms with Crippen molar-refractivity contribution in [1.29, 1.82) is 0 Å². The Balaban J connectivity index is 2.24. The predicted octanol–water partition coefficient (Wildman–Crippen LogP) is 1.06. The van der Waals surface area contributed by atoms with Gasteiger partial charge in [-0.25, -0.2) is 4.79 Å². The van der Waals surface area contributed by atoms with Crippen LogP contribution >= 0.6 is 0 Å². The third-order valence-electron chi connectivity index (χ3n) is 2.09. The van der Waals surface area contributed by atoms with Crippen molar-refractivity contribution in [2.24, 2.45) is 5.16 Å². The van der Waals surface area contributed by atoms with E-state index in [1.54, 1.807) is 6.92 Å².